The maximum Gasteiger partial charge on any atom is 0.490 e. The Kier molecular flexibility index (Phi) is 4.21. The van der Waals surface area contributed by atoms with E-state index in [0.29, 0.717) is 29.6 Å². The molecule has 4 saturated carbocycles. The fraction of sp³-hybridized carbons (Fsp3) is 0.952. The molecule has 0 heterocycles. The Morgan fingerprint density at radius 1 is 0.885 bits per heavy atom. The molecule has 0 aliphatic heterocycles. The van der Waals surface area contributed by atoms with Crippen molar-refractivity contribution in [2.75, 3.05) is 0 Å². The zero-order chi connectivity index (χ0) is 18.9. The van der Waals surface area contributed by atoms with Crippen molar-refractivity contribution in [3.63, 3.8) is 0 Å². The van der Waals surface area contributed by atoms with Gasteiger partial charge in [-0.2, -0.15) is 13.2 Å². The topological polar surface area (TPSA) is 26.3 Å². The number of carbonyl (C=O) groups excluding carboxylic acids is 1. The van der Waals surface area contributed by atoms with Crippen LogP contribution in [-0.4, -0.2) is 18.2 Å². The van der Waals surface area contributed by atoms with Crippen LogP contribution in [0.3, 0.4) is 0 Å². The Hall–Kier alpha value is -0.740. The van der Waals surface area contributed by atoms with Gasteiger partial charge in [0.25, 0.3) is 0 Å². The summed E-state index contributed by atoms with van der Waals surface area (Å²) >= 11 is 0. The van der Waals surface area contributed by atoms with Crippen molar-refractivity contribution in [3.8, 4) is 0 Å². The summed E-state index contributed by atoms with van der Waals surface area (Å²) in [5.74, 6) is 1.30. The molecular weight excluding hydrogens is 341 g/mol. The number of fused-ring (bicyclic) bond motifs is 5. The van der Waals surface area contributed by atoms with E-state index in [1.807, 2.05) is 0 Å². The summed E-state index contributed by atoms with van der Waals surface area (Å²) in [5.41, 5.74) is 0.125. The molecule has 0 bridgehead atoms. The Morgan fingerprint density at radius 3 is 2.19 bits per heavy atom. The largest absolute Gasteiger partial charge is 0.490 e. The van der Waals surface area contributed by atoms with E-state index in [1.54, 1.807) is 0 Å². The molecule has 4 fully saturated rings. The molecule has 148 valence electrons. The average Bonchev–Trinajstić information content (AvgIpc) is 3.04. The zero-order valence-corrected chi connectivity index (χ0v) is 16.1. The lowest BCUT2D eigenvalue weighted by molar-refractivity contribution is -0.212. The molecule has 2 nitrogen and oxygen atoms in total. The molecule has 0 amide bonds. The predicted octanol–water partition coefficient (Wildman–Crippen LogP) is 5.75. The van der Waals surface area contributed by atoms with Crippen molar-refractivity contribution in [2.45, 2.75) is 84.4 Å². The van der Waals surface area contributed by atoms with Gasteiger partial charge in [0.15, 0.2) is 0 Å². The lowest BCUT2D eigenvalue weighted by Gasteiger charge is -2.57. The Morgan fingerprint density at radius 2 is 1.50 bits per heavy atom. The minimum absolute atomic E-state index is 0.282. The number of alkyl halides is 3. The maximum atomic E-state index is 12.7. The first-order valence-corrected chi connectivity index (χ1v) is 10.3. The number of halogens is 3. The summed E-state index contributed by atoms with van der Waals surface area (Å²) in [7, 11) is 0. The summed E-state index contributed by atoms with van der Waals surface area (Å²) in [6, 6.07) is 0. The first-order chi connectivity index (χ1) is 12.1. The lowest BCUT2D eigenvalue weighted by atomic mass is 9.48. The highest BCUT2D eigenvalue weighted by molar-refractivity contribution is 5.75. The third-order valence-electron chi connectivity index (χ3n) is 9.16. The second-order valence-corrected chi connectivity index (χ2v) is 10.1. The van der Waals surface area contributed by atoms with Crippen LogP contribution in [0.25, 0.3) is 0 Å². The number of hydrogen-bond donors (Lipinski definition) is 0. The van der Waals surface area contributed by atoms with Crippen molar-refractivity contribution in [2.24, 2.45) is 40.4 Å². The van der Waals surface area contributed by atoms with E-state index in [9.17, 15) is 18.0 Å². The maximum absolute atomic E-state index is 12.7. The first-order valence-electron chi connectivity index (χ1n) is 10.3. The number of ether oxygens (including phenoxy) is 1. The summed E-state index contributed by atoms with van der Waals surface area (Å²) in [6.45, 7) is 6.96. The van der Waals surface area contributed by atoms with E-state index in [2.05, 4.69) is 20.8 Å². The molecule has 8 atom stereocenters. The number of esters is 1. The van der Waals surface area contributed by atoms with E-state index < -0.39 is 18.2 Å². The van der Waals surface area contributed by atoms with E-state index in [0.717, 1.165) is 31.1 Å². The van der Waals surface area contributed by atoms with Crippen LogP contribution < -0.4 is 0 Å². The average molecular weight is 372 g/mol. The van der Waals surface area contributed by atoms with Crippen molar-refractivity contribution in [1.82, 2.24) is 0 Å². The predicted molar refractivity (Wildman–Crippen MR) is 92.2 cm³/mol. The fourth-order valence-electron chi connectivity index (χ4n) is 7.87. The van der Waals surface area contributed by atoms with Gasteiger partial charge < -0.3 is 4.74 Å². The van der Waals surface area contributed by atoms with Crippen LogP contribution in [0.4, 0.5) is 13.2 Å². The molecule has 0 aromatic rings. The third-order valence-corrected chi connectivity index (χ3v) is 9.16. The summed E-state index contributed by atoms with van der Waals surface area (Å²) in [5, 5.41) is 0. The first kappa shape index (κ1) is 18.6. The SMILES string of the molecule is CC1CC[C@@]2(C)[C@@H]1CC[C@@H]1[C@@H]2CC[C@]2(C)[C@@H](OC(=O)C(F)(F)F)CC[C@@H]12. The molecule has 0 aromatic heterocycles. The van der Waals surface area contributed by atoms with Gasteiger partial charge in [-0.05, 0) is 86.4 Å². The van der Waals surface area contributed by atoms with Crippen LogP contribution >= 0.6 is 0 Å². The van der Waals surface area contributed by atoms with E-state index in [4.69, 9.17) is 4.74 Å². The van der Waals surface area contributed by atoms with E-state index >= 15 is 0 Å². The molecule has 4 aliphatic carbocycles. The molecule has 0 radical (unpaired) electrons. The van der Waals surface area contributed by atoms with Crippen molar-refractivity contribution in [3.05, 3.63) is 0 Å². The molecule has 0 N–H and O–H groups in total. The van der Waals surface area contributed by atoms with Crippen LogP contribution in [0.2, 0.25) is 0 Å². The van der Waals surface area contributed by atoms with Gasteiger partial charge in [-0.25, -0.2) is 4.79 Å². The molecule has 4 rings (SSSR count). The highest BCUT2D eigenvalue weighted by Gasteiger charge is 2.62. The number of hydrogen-bond acceptors (Lipinski definition) is 2. The molecule has 0 spiro atoms. The number of rotatable bonds is 1. The van der Waals surface area contributed by atoms with Gasteiger partial charge in [0.2, 0.25) is 0 Å². The van der Waals surface area contributed by atoms with Gasteiger partial charge >= 0.3 is 12.1 Å². The second kappa shape index (κ2) is 5.88. The minimum Gasteiger partial charge on any atom is -0.455 e. The van der Waals surface area contributed by atoms with Gasteiger partial charge in [0.05, 0.1) is 0 Å². The van der Waals surface area contributed by atoms with Crippen LogP contribution in [0.15, 0.2) is 0 Å². The minimum atomic E-state index is -4.89. The quantitative estimate of drug-likeness (QED) is 0.548. The van der Waals surface area contributed by atoms with Gasteiger partial charge in [-0.3, -0.25) is 0 Å². The Balaban J connectivity index is 1.54. The molecule has 4 aliphatic rings. The van der Waals surface area contributed by atoms with Gasteiger partial charge in [-0.15, -0.1) is 0 Å². The van der Waals surface area contributed by atoms with Crippen LogP contribution in [-0.2, 0) is 9.53 Å². The summed E-state index contributed by atoms with van der Waals surface area (Å²) < 4.78 is 43.0. The fourth-order valence-corrected chi connectivity index (χ4v) is 7.87. The van der Waals surface area contributed by atoms with Gasteiger partial charge in [0, 0.05) is 5.41 Å². The summed E-state index contributed by atoms with van der Waals surface area (Å²) in [6.07, 6.45) is 3.09. The van der Waals surface area contributed by atoms with Gasteiger partial charge in [0.1, 0.15) is 6.10 Å². The van der Waals surface area contributed by atoms with Crippen LogP contribution in [0.1, 0.15) is 72.1 Å². The van der Waals surface area contributed by atoms with Crippen molar-refractivity contribution >= 4 is 5.97 Å². The molecular formula is C21H31F3O2. The molecule has 1 unspecified atom stereocenters. The van der Waals surface area contributed by atoms with Crippen LogP contribution in [0.5, 0.6) is 0 Å². The van der Waals surface area contributed by atoms with Crippen molar-refractivity contribution < 1.29 is 22.7 Å². The monoisotopic (exact) mass is 372 g/mol. The zero-order valence-electron chi connectivity index (χ0n) is 16.1. The second-order valence-electron chi connectivity index (χ2n) is 10.1. The molecule has 0 saturated heterocycles. The third kappa shape index (κ3) is 2.55. The van der Waals surface area contributed by atoms with E-state index in [-0.39, 0.29) is 5.41 Å². The summed E-state index contributed by atoms with van der Waals surface area (Å²) in [4.78, 5) is 11.4. The highest BCUT2D eigenvalue weighted by Crippen LogP contribution is 2.68. The van der Waals surface area contributed by atoms with Gasteiger partial charge in [-0.1, -0.05) is 20.8 Å². The van der Waals surface area contributed by atoms with E-state index in [1.165, 1.54) is 25.7 Å². The standard InChI is InChI=1S/C21H31F3O2/c1-12-8-10-19(2)14(12)5-4-13-15-6-7-17(26-18(25)21(22,23)24)20(15,3)11-9-16(13)19/h12-17H,4-11H2,1-3H3/t12?,13-,14+,15-,16-,17-,19-,20-/m0/s1. The normalized spacial score (nSPS) is 50.7. The number of carbonyl (C=O) groups is 1. The van der Waals surface area contributed by atoms with Crippen LogP contribution in [0, 0.1) is 40.4 Å². The lowest BCUT2D eigenvalue weighted by Crippen LogP contribution is -2.52. The molecule has 0 aromatic carbocycles. The molecule has 26 heavy (non-hydrogen) atoms. The van der Waals surface area contributed by atoms with Crippen molar-refractivity contribution in [1.29, 1.82) is 0 Å². The molecule has 5 heteroatoms. The Bertz CT molecular complexity index is 588. The highest BCUT2D eigenvalue weighted by atomic mass is 19.4. The smallest absolute Gasteiger partial charge is 0.455 e. The Labute approximate surface area is 154 Å².